The summed E-state index contributed by atoms with van der Waals surface area (Å²) >= 11 is 0. The molecule has 2 aromatic carbocycles. The van der Waals surface area contributed by atoms with Crippen LogP contribution < -0.4 is 15.4 Å². The predicted octanol–water partition coefficient (Wildman–Crippen LogP) is 4.95. The molecule has 9 heteroatoms. The van der Waals surface area contributed by atoms with Crippen molar-refractivity contribution in [2.45, 2.75) is 59.2 Å². The van der Waals surface area contributed by atoms with Gasteiger partial charge in [-0.05, 0) is 63.4 Å². The first kappa shape index (κ1) is 30.2. The van der Waals surface area contributed by atoms with Crippen molar-refractivity contribution in [3.8, 4) is 11.5 Å². The molecule has 0 saturated carbocycles. The summed E-state index contributed by atoms with van der Waals surface area (Å²) in [6.07, 6.45) is 0.740. The second-order valence-corrected chi connectivity index (χ2v) is 10.3. The monoisotopic (exact) mass is 525 g/mol. The Hall–Kier alpha value is -4.01. The van der Waals surface area contributed by atoms with E-state index in [9.17, 15) is 19.5 Å². The van der Waals surface area contributed by atoms with E-state index in [-0.39, 0.29) is 23.8 Å². The molecule has 9 nitrogen and oxygen atoms in total. The van der Waals surface area contributed by atoms with Crippen LogP contribution in [0.1, 0.15) is 51.8 Å². The fraction of sp³-hybridized carbons (Fsp3) is 0.414. The van der Waals surface area contributed by atoms with Crippen LogP contribution in [0.4, 0.5) is 10.5 Å². The Morgan fingerprint density at radius 3 is 2.26 bits per heavy atom. The highest BCUT2D eigenvalue weighted by molar-refractivity contribution is 5.99. The summed E-state index contributed by atoms with van der Waals surface area (Å²) in [5.74, 6) is -0.899. The number of carbonyl (C=O) groups is 3. The maximum atomic E-state index is 14.0. The zero-order valence-electron chi connectivity index (χ0n) is 23.2. The third kappa shape index (κ3) is 7.99. The Morgan fingerprint density at radius 2 is 1.74 bits per heavy atom. The zero-order valence-corrected chi connectivity index (χ0v) is 23.2. The van der Waals surface area contributed by atoms with Crippen LogP contribution in [0.5, 0.6) is 11.5 Å². The maximum absolute atomic E-state index is 14.0. The first-order valence-electron chi connectivity index (χ1n) is 12.4. The number of phenols is 1. The number of amides is 3. The van der Waals surface area contributed by atoms with Gasteiger partial charge in [-0.15, -0.1) is 6.58 Å². The fourth-order valence-electron chi connectivity index (χ4n) is 3.83. The van der Waals surface area contributed by atoms with Crippen molar-refractivity contribution in [3.63, 3.8) is 0 Å². The van der Waals surface area contributed by atoms with Crippen molar-refractivity contribution >= 4 is 23.6 Å². The molecule has 0 bridgehead atoms. The molecule has 0 heterocycles. The molecule has 0 radical (unpaired) electrons. The van der Waals surface area contributed by atoms with Gasteiger partial charge in [0.25, 0.3) is 5.91 Å². The molecular formula is C29H39N3O6. The Labute approximate surface area is 224 Å². The summed E-state index contributed by atoms with van der Waals surface area (Å²) in [4.78, 5) is 41.6. The van der Waals surface area contributed by atoms with Gasteiger partial charge in [0, 0.05) is 17.8 Å². The highest BCUT2D eigenvalue weighted by Crippen LogP contribution is 2.33. The number of hydrogen-bond donors (Lipinski definition) is 3. The number of anilines is 1. The third-order valence-corrected chi connectivity index (χ3v) is 5.69. The van der Waals surface area contributed by atoms with Gasteiger partial charge in [0.1, 0.15) is 29.2 Å². The van der Waals surface area contributed by atoms with Crippen LogP contribution in [-0.4, -0.2) is 53.2 Å². The van der Waals surface area contributed by atoms with Crippen molar-refractivity contribution < 1.29 is 29.0 Å². The van der Waals surface area contributed by atoms with Crippen molar-refractivity contribution in [3.05, 3.63) is 66.2 Å². The molecule has 206 valence electrons. The van der Waals surface area contributed by atoms with Gasteiger partial charge >= 0.3 is 6.09 Å². The van der Waals surface area contributed by atoms with Gasteiger partial charge in [-0.25, -0.2) is 4.79 Å². The number of carbonyl (C=O) groups excluding carboxylic acids is 3. The lowest BCUT2D eigenvalue weighted by molar-refractivity contribution is -0.141. The summed E-state index contributed by atoms with van der Waals surface area (Å²) in [7, 11) is 1.54. The summed E-state index contributed by atoms with van der Waals surface area (Å²) < 4.78 is 10.5. The molecule has 0 aromatic heterocycles. The molecule has 2 unspecified atom stereocenters. The zero-order chi connectivity index (χ0) is 28.6. The predicted molar refractivity (Wildman–Crippen MR) is 147 cm³/mol. The Balaban J connectivity index is 2.54. The molecule has 3 N–H and O–H groups in total. The van der Waals surface area contributed by atoms with E-state index in [0.29, 0.717) is 17.0 Å². The second kappa shape index (κ2) is 13.0. The van der Waals surface area contributed by atoms with Crippen LogP contribution in [-0.2, 0) is 14.3 Å². The van der Waals surface area contributed by atoms with Crippen LogP contribution in [0, 0.1) is 12.8 Å². The number of methoxy groups -OCH3 is 1. The van der Waals surface area contributed by atoms with E-state index in [4.69, 9.17) is 9.47 Å². The van der Waals surface area contributed by atoms with E-state index in [1.54, 1.807) is 91.1 Å². The quantitative estimate of drug-likeness (QED) is 0.378. The number of phenolic OH excluding ortho intramolecular Hbond substituents is 1. The van der Waals surface area contributed by atoms with Gasteiger partial charge in [-0.3, -0.25) is 9.59 Å². The normalized spacial score (nSPS) is 12.7. The van der Waals surface area contributed by atoms with Gasteiger partial charge in [-0.1, -0.05) is 38.1 Å². The van der Waals surface area contributed by atoms with Crippen molar-refractivity contribution in [2.75, 3.05) is 19.0 Å². The molecule has 2 rings (SSSR count). The first-order chi connectivity index (χ1) is 17.8. The second-order valence-electron chi connectivity index (χ2n) is 10.3. The van der Waals surface area contributed by atoms with Crippen LogP contribution >= 0.6 is 0 Å². The first-order valence-corrected chi connectivity index (χ1v) is 12.4. The molecule has 0 spiro atoms. The largest absolute Gasteiger partial charge is 0.507 e. The molecule has 0 aliphatic heterocycles. The number of ether oxygens (including phenoxy) is 2. The molecule has 3 amide bonds. The van der Waals surface area contributed by atoms with E-state index in [1.807, 2.05) is 0 Å². The molecule has 0 saturated heterocycles. The van der Waals surface area contributed by atoms with Gasteiger partial charge in [0.05, 0.1) is 7.11 Å². The van der Waals surface area contributed by atoms with Crippen molar-refractivity contribution in [1.29, 1.82) is 0 Å². The van der Waals surface area contributed by atoms with E-state index in [2.05, 4.69) is 17.2 Å². The van der Waals surface area contributed by atoms with Gasteiger partial charge in [-0.2, -0.15) is 0 Å². The minimum atomic E-state index is -1.23. The maximum Gasteiger partial charge on any atom is 0.408 e. The van der Waals surface area contributed by atoms with Crippen LogP contribution in [0.25, 0.3) is 0 Å². The average Bonchev–Trinajstić information content (AvgIpc) is 2.83. The highest BCUT2D eigenvalue weighted by Gasteiger charge is 2.38. The van der Waals surface area contributed by atoms with E-state index >= 15 is 0 Å². The molecule has 0 fully saturated rings. The number of rotatable bonds is 10. The average molecular weight is 526 g/mol. The van der Waals surface area contributed by atoms with E-state index < -0.39 is 35.6 Å². The summed E-state index contributed by atoms with van der Waals surface area (Å²) in [5, 5.41) is 16.4. The lowest BCUT2D eigenvalue weighted by atomic mass is 9.97. The summed E-state index contributed by atoms with van der Waals surface area (Å²) in [6.45, 7) is 14.2. The van der Waals surface area contributed by atoms with Crippen molar-refractivity contribution in [2.24, 2.45) is 5.92 Å². The molecule has 2 aromatic rings. The van der Waals surface area contributed by atoms with Gasteiger partial charge < -0.3 is 30.1 Å². The number of hydrogen-bond acceptors (Lipinski definition) is 6. The third-order valence-electron chi connectivity index (χ3n) is 5.69. The summed E-state index contributed by atoms with van der Waals surface area (Å²) in [5.41, 5.74) is 0.504. The Kier molecular flexibility index (Phi) is 10.3. The molecule has 0 aliphatic rings. The molecular weight excluding hydrogens is 486 g/mol. The lowest BCUT2D eigenvalue weighted by Crippen LogP contribution is -2.54. The van der Waals surface area contributed by atoms with E-state index in [0.717, 1.165) is 0 Å². The number of aryl methyl sites for hydroxylation is 1. The molecule has 38 heavy (non-hydrogen) atoms. The molecule has 0 aliphatic carbocycles. The van der Waals surface area contributed by atoms with E-state index in [1.165, 1.54) is 11.0 Å². The fourth-order valence-corrected chi connectivity index (χ4v) is 3.83. The van der Waals surface area contributed by atoms with Crippen molar-refractivity contribution in [1.82, 2.24) is 10.2 Å². The number of nitrogens with zero attached hydrogens (tertiary/aromatic N) is 1. The number of para-hydroxylation sites is 1. The number of aromatic hydroxyl groups is 1. The highest BCUT2D eigenvalue weighted by atomic mass is 16.6. The Morgan fingerprint density at radius 1 is 1.11 bits per heavy atom. The van der Waals surface area contributed by atoms with Crippen LogP contribution in [0.15, 0.2) is 55.1 Å². The minimum absolute atomic E-state index is 0.0217. The summed E-state index contributed by atoms with van der Waals surface area (Å²) in [6, 6.07) is 9.50. The Bertz CT molecular complexity index is 1140. The topological polar surface area (TPSA) is 117 Å². The van der Waals surface area contributed by atoms with Gasteiger partial charge in [0.15, 0.2) is 0 Å². The smallest absolute Gasteiger partial charge is 0.408 e. The minimum Gasteiger partial charge on any atom is -0.507 e. The SMILES string of the molecule is C=CCN(C(=O)C(NC(=O)OC(C)(C)C)C(C)C)C(C(=O)Nc1ccc(OC)cc1)c1cccc(C)c1O. The van der Waals surface area contributed by atoms with Crippen LogP contribution in [0.3, 0.4) is 0 Å². The molecule has 2 atom stereocenters. The number of nitrogens with one attached hydrogen (secondary N) is 2. The standard InChI is InChI=1S/C29H39N3O6/c1-9-17-32(27(35)23(18(2)3)31-28(36)38-29(5,6)7)24(22-12-10-11-19(4)25(22)33)26(34)30-20-13-15-21(37-8)16-14-20/h9-16,18,23-24,33H,1,17H2,2-8H3,(H,30,34)(H,31,36). The lowest BCUT2D eigenvalue weighted by Gasteiger charge is -2.35. The van der Waals surface area contributed by atoms with Gasteiger partial charge in [0.2, 0.25) is 5.91 Å². The van der Waals surface area contributed by atoms with Crippen LogP contribution in [0.2, 0.25) is 0 Å². The number of benzene rings is 2. The number of alkyl carbamates (subject to hydrolysis) is 1.